The normalized spacial score (nSPS) is 17.7. The molecule has 1 fully saturated rings. The Kier molecular flexibility index (Phi) is 6.40. The van der Waals surface area contributed by atoms with Crippen LogP contribution in [0.5, 0.6) is 0 Å². The van der Waals surface area contributed by atoms with Gasteiger partial charge in [-0.2, -0.15) is 4.31 Å². The highest BCUT2D eigenvalue weighted by molar-refractivity contribution is 7.91. The van der Waals surface area contributed by atoms with E-state index in [1.807, 2.05) is 6.92 Å². The van der Waals surface area contributed by atoms with Gasteiger partial charge in [-0.15, -0.1) is 11.3 Å². The number of piperidine rings is 1. The zero-order valence-electron chi connectivity index (χ0n) is 16.6. The molecule has 2 heterocycles. The molecular formula is C20H24N2O5S2. The van der Waals surface area contributed by atoms with E-state index >= 15 is 0 Å². The molecule has 29 heavy (non-hydrogen) atoms. The lowest BCUT2D eigenvalue weighted by Gasteiger charge is -2.31. The second kappa shape index (κ2) is 8.64. The molecule has 3 rings (SSSR count). The fourth-order valence-corrected chi connectivity index (χ4v) is 6.35. The molecule has 1 N–H and O–H groups in total. The molecule has 0 radical (unpaired) electrons. The second-order valence-corrected chi connectivity index (χ2v) is 10.5. The number of carbonyl (C=O) groups excluding carboxylic acids is 2. The third-order valence-corrected chi connectivity index (χ3v) is 8.39. The van der Waals surface area contributed by atoms with Crippen LogP contribution in [0.2, 0.25) is 0 Å². The largest absolute Gasteiger partial charge is 0.465 e. The number of thiophene rings is 1. The third kappa shape index (κ3) is 4.52. The van der Waals surface area contributed by atoms with Crippen LogP contribution in [0.4, 0.5) is 5.69 Å². The number of nitrogens with one attached hydrogen (secondary N) is 1. The molecule has 1 unspecified atom stereocenters. The molecule has 2 aromatic rings. The van der Waals surface area contributed by atoms with Gasteiger partial charge in [0.05, 0.1) is 18.6 Å². The minimum atomic E-state index is -3.60. The molecule has 0 aliphatic carbocycles. The number of benzene rings is 1. The van der Waals surface area contributed by atoms with Crippen molar-refractivity contribution in [2.75, 3.05) is 25.5 Å². The number of hydrogen-bond donors (Lipinski definition) is 1. The van der Waals surface area contributed by atoms with E-state index in [1.165, 1.54) is 22.8 Å². The SMILES string of the molecule is COC(=O)c1cccc(NC(=O)C2CCCN(S(=O)(=O)c3ccc(C)s3)C2)c1C. The van der Waals surface area contributed by atoms with Crippen molar-refractivity contribution < 1.29 is 22.7 Å². The van der Waals surface area contributed by atoms with Gasteiger partial charge in [-0.25, -0.2) is 13.2 Å². The van der Waals surface area contributed by atoms with Gasteiger partial charge in [-0.05, 0) is 56.5 Å². The minimum absolute atomic E-state index is 0.140. The highest BCUT2D eigenvalue weighted by atomic mass is 32.2. The number of sulfonamides is 1. The zero-order valence-corrected chi connectivity index (χ0v) is 18.2. The molecule has 156 valence electrons. The lowest BCUT2D eigenvalue weighted by molar-refractivity contribution is -0.120. The molecule has 1 aliphatic heterocycles. The number of anilines is 1. The number of rotatable bonds is 5. The Morgan fingerprint density at radius 1 is 1.21 bits per heavy atom. The van der Waals surface area contributed by atoms with E-state index in [4.69, 9.17) is 4.74 Å². The lowest BCUT2D eigenvalue weighted by Crippen LogP contribution is -2.43. The molecule has 0 spiro atoms. The van der Waals surface area contributed by atoms with Crippen molar-refractivity contribution in [3.8, 4) is 0 Å². The summed E-state index contributed by atoms with van der Waals surface area (Å²) < 4.78 is 32.2. The molecule has 1 amide bonds. The van der Waals surface area contributed by atoms with Crippen LogP contribution in [0.15, 0.2) is 34.5 Å². The average molecular weight is 437 g/mol. The molecule has 9 heteroatoms. The summed E-state index contributed by atoms with van der Waals surface area (Å²) in [5.74, 6) is -1.18. The van der Waals surface area contributed by atoms with Gasteiger partial charge < -0.3 is 10.1 Å². The molecule has 1 saturated heterocycles. The van der Waals surface area contributed by atoms with Gasteiger partial charge in [-0.3, -0.25) is 4.79 Å². The van der Waals surface area contributed by atoms with Crippen molar-refractivity contribution in [1.82, 2.24) is 4.31 Å². The van der Waals surface area contributed by atoms with E-state index in [0.29, 0.717) is 40.4 Å². The molecule has 7 nitrogen and oxygen atoms in total. The van der Waals surface area contributed by atoms with E-state index < -0.39 is 21.9 Å². The maximum Gasteiger partial charge on any atom is 0.338 e. The van der Waals surface area contributed by atoms with Crippen molar-refractivity contribution in [1.29, 1.82) is 0 Å². The first-order valence-corrected chi connectivity index (χ1v) is 11.5. The number of ether oxygens (including phenoxy) is 1. The first-order valence-electron chi connectivity index (χ1n) is 9.29. The van der Waals surface area contributed by atoms with Gasteiger partial charge in [0.2, 0.25) is 5.91 Å². The third-order valence-electron chi connectivity index (χ3n) is 5.06. The summed E-state index contributed by atoms with van der Waals surface area (Å²) in [6, 6.07) is 8.41. The van der Waals surface area contributed by atoms with Crippen LogP contribution in [0.25, 0.3) is 0 Å². The van der Waals surface area contributed by atoms with Gasteiger partial charge in [0, 0.05) is 23.7 Å². The van der Waals surface area contributed by atoms with Crippen LogP contribution in [0.3, 0.4) is 0 Å². The highest BCUT2D eigenvalue weighted by Gasteiger charge is 2.34. The van der Waals surface area contributed by atoms with Gasteiger partial charge >= 0.3 is 5.97 Å². The number of esters is 1. The van der Waals surface area contributed by atoms with Crippen molar-refractivity contribution in [3.05, 3.63) is 46.3 Å². The molecule has 0 bridgehead atoms. The number of methoxy groups -OCH3 is 1. The summed E-state index contributed by atoms with van der Waals surface area (Å²) >= 11 is 1.23. The molecule has 1 aromatic heterocycles. The van der Waals surface area contributed by atoms with Crippen LogP contribution in [-0.2, 0) is 19.6 Å². The predicted molar refractivity (Wildman–Crippen MR) is 112 cm³/mol. The minimum Gasteiger partial charge on any atom is -0.465 e. The van der Waals surface area contributed by atoms with E-state index in [1.54, 1.807) is 37.3 Å². The number of carbonyl (C=O) groups is 2. The summed E-state index contributed by atoms with van der Waals surface area (Å²) in [6.07, 6.45) is 1.22. The van der Waals surface area contributed by atoms with Crippen LogP contribution in [0, 0.1) is 19.8 Å². The Hall–Kier alpha value is -2.23. The Balaban J connectivity index is 1.75. The average Bonchev–Trinajstić information content (AvgIpc) is 3.16. The molecular weight excluding hydrogens is 412 g/mol. The van der Waals surface area contributed by atoms with Crippen LogP contribution in [0.1, 0.15) is 33.6 Å². The van der Waals surface area contributed by atoms with Crippen LogP contribution < -0.4 is 5.32 Å². The Morgan fingerprint density at radius 2 is 1.97 bits per heavy atom. The van der Waals surface area contributed by atoms with E-state index in [2.05, 4.69) is 5.32 Å². The quantitative estimate of drug-likeness (QED) is 0.727. The maximum absolute atomic E-state index is 12.9. The van der Waals surface area contributed by atoms with E-state index in [0.717, 1.165) is 4.88 Å². The van der Waals surface area contributed by atoms with Crippen LogP contribution in [-0.4, -0.2) is 44.8 Å². The van der Waals surface area contributed by atoms with E-state index in [-0.39, 0.29) is 12.5 Å². The standard InChI is InChI=1S/C20H24N2O5S2/c1-13-9-10-18(28-13)29(25,26)22-11-5-6-15(12-22)19(23)21-17-8-4-7-16(14(17)2)20(24)27-3/h4,7-10,15H,5-6,11-12H2,1-3H3,(H,21,23). The first kappa shape index (κ1) is 21.5. The van der Waals surface area contributed by atoms with Gasteiger partial charge in [0.1, 0.15) is 4.21 Å². The van der Waals surface area contributed by atoms with Gasteiger partial charge in [0.15, 0.2) is 0 Å². The Bertz CT molecular complexity index is 1030. The first-order chi connectivity index (χ1) is 13.7. The summed E-state index contributed by atoms with van der Waals surface area (Å²) in [5.41, 5.74) is 1.51. The Morgan fingerprint density at radius 3 is 2.62 bits per heavy atom. The number of hydrogen-bond acceptors (Lipinski definition) is 6. The molecule has 1 aromatic carbocycles. The van der Waals surface area contributed by atoms with Crippen molar-refractivity contribution in [2.45, 2.75) is 30.9 Å². The smallest absolute Gasteiger partial charge is 0.338 e. The van der Waals surface area contributed by atoms with E-state index in [9.17, 15) is 18.0 Å². The number of amides is 1. The van der Waals surface area contributed by atoms with Crippen molar-refractivity contribution >= 4 is 38.9 Å². The molecule has 0 saturated carbocycles. The van der Waals surface area contributed by atoms with Crippen LogP contribution >= 0.6 is 11.3 Å². The van der Waals surface area contributed by atoms with Gasteiger partial charge in [0.25, 0.3) is 10.0 Å². The highest BCUT2D eigenvalue weighted by Crippen LogP contribution is 2.29. The van der Waals surface area contributed by atoms with Gasteiger partial charge in [-0.1, -0.05) is 6.07 Å². The lowest BCUT2D eigenvalue weighted by atomic mass is 9.98. The fraction of sp³-hybridized carbons (Fsp3) is 0.400. The summed E-state index contributed by atoms with van der Waals surface area (Å²) in [6.45, 7) is 4.14. The summed E-state index contributed by atoms with van der Waals surface area (Å²) in [7, 11) is -2.29. The fourth-order valence-electron chi connectivity index (χ4n) is 3.39. The summed E-state index contributed by atoms with van der Waals surface area (Å²) in [5, 5.41) is 2.85. The molecule has 1 atom stereocenters. The predicted octanol–water partition coefficient (Wildman–Crippen LogP) is 3.19. The van der Waals surface area contributed by atoms with Crippen molar-refractivity contribution in [3.63, 3.8) is 0 Å². The maximum atomic E-state index is 12.9. The summed E-state index contributed by atoms with van der Waals surface area (Å²) in [4.78, 5) is 25.6. The zero-order chi connectivity index (χ0) is 21.2. The topological polar surface area (TPSA) is 92.8 Å². The Labute approximate surface area is 174 Å². The second-order valence-electron chi connectivity index (χ2n) is 7.03. The number of nitrogens with zero attached hydrogens (tertiary/aromatic N) is 1. The number of aryl methyl sites for hydroxylation is 1. The monoisotopic (exact) mass is 436 g/mol. The van der Waals surface area contributed by atoms with Crippen molar-refractivity contribution in [2.24, 2.45) is 5.92 Å². The molecule has 1 aliphatic rings.